The van der Waals surface area contributed by atoms with Crippen molar-refractivity contribution in [1.29, 1.82) is 0 Å². The van der Waals surface area contributed by atoms with Crippen LogP contribution in [-0.2, 0) is 6.42 Å². The summed E-state index contributed by atoms with van der Waals surface area (Å²) >= 11 is 0. The number of aryl methyl sites for hydroxylation is 1. The van der Waals surface area contributed by atoms with Gasteiger partial charge in [-0.25, -0.2) is 9.18 Å². The lowest BCUT2D eigenvalue weighted by atomic mass is 10.0. The van der Waals surface area contributed by atoms with Gasteiger partial charge in [0.05, 0.1) is 5.56 Å². The highest BCUT2D eigenvalue weighted by Gasteiger charge is 2.11. The lowest BCUT2D eigenvalue weighted by Crippen LogP contribution is -2.00. The van der Waals surface area contributed by atoms with Gasteiger partial charge >= 0.3 is 5.97 Å². The van der Waals surface area contributed by atoms with Gasteiger partial charge in [-0.3, -0.25) is 0 Å². The highest BCUT2D eigenvalue weighted by Crippen LogP contribution is 2.23. The molecule has 3 heteroatoms. The van der Waals surface area contributed by atoms with Crippen molar-refractivity contribution in [3.8, 4) is 11.1 Å². The summed E-state index contributed by atoms with van der Waals surface area (Å²) in [6.07, 6.45) is 0.906. The Bertz CT molecular complexity index is 591. The van der Waals surface area contributed by atoms with E-state index in [1.165, 1.54) is 12.1 Å². The Kier molecular flexibility index (Phi) is 3.42. The molecule has 0 heterocycles. The number of hydrogen-bond acceptors (Lipinski definition) is 1. The molecule has 18 heavy (non-hydrogen) atoms. The fourth-order valence-corrected chi connectivity index (χ4v) is 1.84. The van der Waals surface area contributed by atoms with Crippen LogP contribution >= 0.6 is 0 Å². The first-order valence-corrected chi connectivity index (χ1v) is 5.74. The highest BCUT2D eigenvalue weighted by molar-refractivity contribution is 5.88. The van der Waals surface area contributed by atoms with E-state index in [2.05, 4.69) is 0 Å². The summed E-state index contributed by atoms with van der Waals surface area (Å²) in [4.78, 5) is 10.7. The second-order valence-electron chi connectivity index (χ2n) is 4.05. The smallest absolute Gasteiger partial charge is 0.338 e. The molecule has 0 bridgehead atoms. The minimum absolute atomic E-state index is 0.301. The number of rotatable bonds is 3. The molecule has 0 spiro atoms. The van der Waals surface area contributed by atoms with Gasteiger partial charge in [-0.15, -0.1) is 0 Å². The largest absolute Gasteiger partial charge is 0.478 e. The lowest BCUT2D eigenvalue weighted by Gasteiger charge is -2.05. The first-order chi connectivity index (χ1) is 8.61. The van der Waals surface area contributed by atoms with Crippen molar-refractivity contribution in [2.45, 2.75) is 13.3 Å². The number of halogens is 1. The first kappa shape index (κ1) is 12.3. The maximum Gasteiger partial charge on any atom is 0.338 e. The van der Waals surface area contributed by atoms with Crippen molar-refractivity contribution in [3.05, 3.63) is 59.4 Å². The van der Waals surface area contributed by atoms with Gasteiger partial charge in [0, 0.05) is 0 Å². The number of benzene rings is 2. The zero-order valence-corrected chi connectivity index (χ0v) is 9.98. The van der Waals surface area contributed by atoms with Crippen molar-refractivity contribution in [1.82, 2.24) is 0 Å². The SMILES string of the molecule is CCc1cccc(-c2ccc(C(=O)O)c(F)c2)c1. The van der Waals surface area contributed by atoms with Gasteiger partial charge in [-0.1, -0.05) is 37.3 Å². The second kappa shape index (κ2) is 5.00. The minimum Gasteiger partial charge on any atom is -0.478 e. The summed E-state index contributed by atoms with van der Waals surface area (Å²) in [5.41, 5.74) is 2.44. The van der Waals surface area contributed by atoms with Crippen LogP contribution in [-0.4, -0.2) is 11.1 Å². The van der Waals surface area contributed by atoms with E-state index >= 15 is 0 Å². The van der Waals surface area contributed by atoms with E-state index in [0.29, 0.717) is 5.56 Å². The summed E-state index contributed by atoms with van der Waals surface area (Å²) in [5.74, 6) is -1.96. The van der Waals surface area contributed by atoms with Crippen molar-refractivity contribution in [3.63, 3.8) is 0 Å². The number of carboxylic acids is 1. The average molecular weight is 244 g/mol. The monoisotopic (exact) mass is 244 g/mol. The molecule has 2 aromatic rings. The van der Waals surface area contributed by atoms with E-state index in [1.807, 2.05) is 31.2 Å². The fraction of sp³-hybridized carbons (Fsp3) is 0.133. The van der Waals surface area contributed by atoms with Crippen molar-refractivity contribution >= 4 is 5.97 Å². The number of carboxylic acid groups (broad SMARTS) is 1. The van der Waals surface area contributed by atoms with Crippen molar-refractivity contribution < 1.29 is 14.3 Å². The molecule has 2 aromatic carbocycles. The number of carbonyl (C=O) groups is 1. The molecule has 0 fully saturated rings. The Morgan fingerprint density at radius 3 is 2.50 bits per heavy atom. The fourth-order valence-electron chi connectivity index (χ4n) is 1.84. The molecule has 2 nitrogen and oxygen atoms in total. The van der Waals surface area contributed by atoms with Crippen molar-refractivity contribution in [2.75, 3.05) is 0 Å². The summed E-state index contributed by atoms with van der Waals surface area (Å²) < 4.78 is 13.6. The van der Waals surface area contributed by atoms with Crippen molar-refractivity contribution in [2.24, 2.45) is 0 Å². The van der Waals surface area contributed by atoms with Crippen LogP contribution in [0.3, 0.4) is 0 Å². The zero-order valence-electron chi connectivity index (χ0n) is 9.98. The van der Waals surface area contributed by atoms with E-state index in [-0.39, 0.29) is 5.56 Å². The van der Waals surface area contributed by atoms with E-state index in [1.54, 1.807) is 6.07 Å². The van der Waals surface area contributed by atoms with E-state index in [0.717, 1.165) is 17.5 Å². The van der Waals surface area contributed by atoms with Crippen LogP contribution in [0.4, 0.5) is 4.39 Å². The summed E-state index contributed by atoms with van der Waals surface area (Å²) in [6, 6.07) is 12.0. The Morgan fingerprint density at radius 1 is 1.17 bits per heavy atom. The van der Waals surface area contributed by atoms with Crippen LogP contribution in [0.15, 0.2) is 42.5 Å². The molecular weight excluding hydrogens is 231 g/mol. The molecule has 0 unspecified atom stereocenters. The first-order valence-electron chi connectivity index (χ1n) is 5.74. The van der Waals surface area contributed by atoms with Gasteiger partial charge in [0.1, 0.15) is 5.82 Å². The molecule has 0 radical (unpaired) electrons. The molecule has 0 aromatic heterocycles. The Hall–Kier alpha value is -2.16. The topological polar surface area (TPSA) is 37.3 Å². The molecule has 0 aliphatic rings. The standard InChI is InChI=1S/C15H13FO2/c1-2-10-4-3-5-11(8-10)12-6-7-13(15(17)18)14(16)9-12/h3-9H,2H2,1H3,(H,17,18). The van der Waals surface area contributed by atoms with Crippen LogP contribution in [0, 0.1) is 5.82 Å². The van der Waals surface area contributed by atoms with Gasteiger partial charge in [0.2, 0.25) is 0 Å². The molecule has 2 rings (SSSR count). The molecule has 0 amide bonds. The van der Waals surface area contributed by atoms with Gasteiger partial charge in [0.25, 0.3) is 0 Å². The lowest BCUT2D eigenvalue weighted by molar-refractivity contribution is 0.0692. The maximum absolute atomic E-state index is 13.6. The molecule has 0 atom stereocenters. The van der Waals surface area contributed by atoms with Gasteiger partial charge in [0.15, 0.2) is 0 Å². The molecule has 1 N–H and O–H groups in total. The highest BCUT2D eigenvalue weighted by atomic mass is 19.1. The van der Waals surface area contributed by atoms with Gasteiger partial charge in [-0.05, 0) is 35.2 Å². The van der Waals surface area contributed by atoms with E-state index in [4.69, 9.17) is 5.11 Å². The quantitative estimate of drug-likeness (QED) is 0.892. The molecule has 0 saturated carbocycles. The molecule has 0 aliphatic heterocycles. The van der Waals surface area contributed by atoms with Crippen LogP contribution < -0.4 is 0 Å². The third-order valence-electron chi connectivity index (χ3n) is 2.87. The summed E-state index contributed by atoms with van der Waals surface area (Å²) in [6.45, 7) is 2.05. The van der Waals surface area contributed by atoms with Crippen LogP contribution in [0.1, 0.15) is 22.8 Å². The number of hydrogen-bond donors (Lipinski definition) is 1. The molecule has 0 aliphatic carbocycles. The van der Waals surface area contributed by atoms with Gasteiger partial charge in [-0.2, -0.15) is 0 Å². The predicted octanol–water partition coefficient (Wildman–Crippen LogP) is 3.75. The molecule has 92 valence electrons. The molecule has 0 saturated heterocycles. The Balaban J connectivity index is 2.45. The number of aromatic carboxylic acids is 1. The van der Waals surface area contributed by atoms with Crippen LogP contribution in [0.2, 0.25) is 0 Å². The summed E-state index contributed by atoms with van der Waals surface area (Å²) in [7, 11) is 0. The summed E-state index contributed by atoms with van der Waals surface area (Å²) in [5, 5.41) is 8.77. The van der Waals surface area contributed by atoms with Gasteiger partial charge < -0.3 is 5.11 Å². The van der Waals surface area contributed by atoms with E-state index in [9.17, 15) is 9.18 Å². The zero-order chi connectivity index (χ0) is 13.1. The predicted molar refractivity (Wildman–Crippen MR) is 68.2 cm³/mol. The average Bonchev–Trinajstić information content (AvgIpc) is 2.38. The maximum atomic E-state index is 13.6. The Morgan fingerprint density at radius 2 is 1.89 bits per heavy atom. The second-order valence-corrected chi connectivity index (χ2v) is 4.05. The third kappa shape index (κ3) is 2.40. The minimum atomic E-state index is -1.25. The normalized spacial score (nSPS) is 10.3. The van der Waals surface area contributed by atoms with Crippen LogP contribution in [0.5, 0.6) is 0 Å². The third-order valence-corrected chi connectivity index (χ3v) is 2.87. The van der Waals surface area contributed by atoms with E-state index < -0.39 is 11.8 Å². The Labute approximate surface area is 105 Å². The molecular formula is C15H13FO2. The van der Waals surface area contributed by atoms with Crippen LogP contribution in [0.25, 0.3) is 11.1 Å².